The largest absolute Gasteiger partial charge is 0.334 e. The van der Waals surface area contributed by atoms with Gasteiger partial charge in [0, 0.05) is 18.0 Å². The smallest absolute Gasteiger partial charge is 0.273 e. The first kappa shape index (κ1) is 18.1. The summed E-state index contributed by atoms with van der Waals surface area (Å²) >= 11 is 1.48. The van der Waals surface area contributed by atoms with E-state index in [0.29, 0.717) is 5.69 Å². The number of carbonyl (C=O) groups excluding carboxylic acids is 1. The van der Waals surface area contributed by atoms with E-state index in [1.54, 1.807) is 23.0 Å². The van der Waals surface area contributed by atoms with Gasteiger partial charge < -0.3 is 4.90 Å². The number of rotatable bonds is 5. The van der Waals surface area contributed by atoms with Crippen molar-refractivity contribution in [1.82, 2.24) is 24.6 Å². The molecule has 0 aliphatic heterocycles. The lowest BCUT2D eigenvalue weighted by molar-refractivity contribution is 0.0737. The Labute approximate surface area is 167 Å². The SMILES string of the molecule is C[C@H](c1ccc(-n2cncn2)cc1)N(C)C(=O)c1csc(-c2ccccc2)n1. The molecule has 2 aromatic carbocycles. The maximum Gasteiger partial charge on any atom is 0.273 e. The van der Waals surface area contributed by atoms with Gasteiger partial charge in [-0.05, 0) is 24.6 Å². The molecule has 0 bridgehead atoms. The molecule has 0 aliphatic rings. The molecule has 0 unspecified atom stereocenters. The van der Waals surface area contributed by atoms with Gasteiger partial charge in [-0.25, -0.2) is 14.6 Å². The first-order valence-corrected chi connectivity index (χ1v) is 9.74. The Morgan fingerprint density at radius 2 is 1.86 bits per heavy atom. The summed E-state index contributed by atoms with van der Waals surface area (Å²) in [7, 11) is 1.81. The maximum atomic E-state index is 12.9. The van der Waals surface area contributed by atoms with Crippen molar-refractivity contribution >= 4 is 17.2 Å². The Kier molecular flexibility index (Phi) is 4.99. The molecule has 4 aromatic rings. The summed E-state index contributed by atoms with van der Waals surface area (Å²) in [6.07, 6.45) is 3.15. The van der Waals surface area contributed by atoms with Crippen LogP contribution in [0.5, 0.6) is 0 Å². The molecule has 2 heterocycles. The number of thiazole rings is 1. The molecule has 7 heteroatoms. The number of nitrogens with zero attached hydrogens (tertiary/aromatic N) is 5. The highest BCUT2D eigenvalue weighted by molar-refractivity contribution is 7.13. The molecule has 0 spiro atoms. The van der Waals surface area contributed by atoms with Crippen LogP contribution >= 0.6 is 11.3 Å². The number of aromatic nitrogens is 4. The van der Waals surface area contributed by atoms with E-state index < -0.39 is 0 Å². The second kappa shape index (κ2) is 7.74. The fourth-order valence-electron chi connectivity index (χ4n) is 2.91. The van der Waals surface area contributed by atoms with Gasteiger partial charge >= 0.3 is 0 Å². The molecule has 4 rings (SSSR count). The molecule has 6 nitrogen and oxygen atoms in total. The van der Waals surface area contributed by atoms with Gasteiger partial charge in [0.15, 0.2) is 0 Å². The van der Waals surface area contributed by atoms with Crippen molar-refractivity contribution in [2.45, 2.75) is 13.0 Å². The molecule has 0 radical (unpaired) electrons. The molecule has 1 amide bonds. The van der Waals surface area contributed by atoms with Gasteiger partial charge in [-0.2, -0.15) is 5.10 Å². The quantitative estimate of drug-likeness (QED) is 0.513. The van der Waals surface area contributed by atoms with E-state index in [-0.39, 0.29) is 11.9 Å². The van der Waals surface area contributed by atoms with Crippen molar-refractivity contribution < 1.29 is 4.79 Å². The van der Waals surface area contributed by atoms with Crippen molar-refractivity contribution in [2.75, 3.05) is 7.05 Å². The van der Waals surface area contributed by atoms with Crippen LogP contribution in [0.1, 0.15) is 29.0 Å². The van der Waals surface area contributed by atoms with Gasteiger partial charge in [0.1, 0.15) is 23.4 Å². The van der Waals surface area contributed by atoms with Crippen molar-refractivity contribution in [3.05, 3.63) is 83.9 Å². The highest BCUT2D eigenvalue weighted by atomic mass is 32.1. The molecule has 2 aromatic heterocycles. The lowest BCUT2D eigenvalue weighted by atomic mass is 10.1. The lowest BCUT2D eigenvalue weighted by Gasteiger charge is -2.24. The molecular formula is C21H19N5OS. The zero-order valence-corrected chi connectivity index (χ0v) is 16.4. The summed E-state index contributed by atoms with van der Waals surface area (Å²) in [5.74, 6) is -0.0914. The minimum Gasteiger partial charge on any atom is -0.334 e. The number of hydrogen-bond acceptors (Lipinski definition) is 5. The topological polar surface area (TPSA) is 63.9 Å². The number of hydrogen-bond donors (Lipinski definition) is 0. The average molecular weight is 389 g/mol. The van der Waals surface area contributed by atoms with Crippen LogP contribution in [-0.4, -0.2) is 37.6 Å². The van der Waals surface area contributed by atoms with E-state index in [9.17, 15) is 4.79 Å². The third-order valence-electron chi connectivity index (χ3n) is 4.70. The van der Waals surface area contributed by atoms with Crippen LogP contribution in [0.2, 0.25) is 0 Å². The predicted molar refractivity (Wildman–Crippen MR) is 109 cm³/mol. The molecule has 28 heavy (non-hydrogen) atoms. The van der Waals surface area contributed by atoms with E-state index in [0.717, 1.165) is 21.8 Å². The first-order chi connectivity index (χ1) is 13.6. The summed E-state index contributed by atoms with van der Waals surface area (Å²) in [6.45, 7) is 2.01. The molecule has 0 aliphatic carbocycles. The van der Waals surface area contributed by atoms with Gasteiger partial charge in [0.25, 0.3) is 5.91 Å². The molecular weight excluding hydrogens is 370 g/mol. The van der Waals surface area contributed by atoms with Gasteiger partial charge in [0.05, 0.1) is 11.7 Å². The second-order valence-corrected chi connectivity index (χ2v) is 7.29. The van der Waals surface area contributed by atoms with Crippen LogP contribution in [0.4, 0.5) is 0 Å². The Morgan fingerprint density at radius 1 is 1.11 bits per heavy atom. The molecule has 0 saturated carbocycles. The average Bonchev–Trinajstić information content (AvgIpc) is 3.45. The van der Waals surface area contributed by atoms with Crippen molar-refractivity contribution in [2.24, 2.45) is 0 Å². The van der Waals surface area contributed by atoms with Gasteiger partial charge in [-0.1, -0.05) is 42.5 Å². The normalized spacial score (nSPS) is 11.9. The first-order valence-electron chi connectivity index (χ1n) is 8.86. The van der Waals surface area contributed by atoms with Crippen LogP contribution in [0.25, 0.3) is 16.3 Å². The number of benzene rings is 2. The third kappa shape index (κ3) is 3.57. The van der Waals surface area contributed by atoms with Crippen molar-refractivity contribution in [3.8, 4) is 16.3 Å². The van der Waals surface area contributed by atoms with Crippen LogP contribution < -0.4 is 0 Å². The summed E-state index contributed by atoms with van der Waals surface area (Å²) in [4.78, 5) is 23.1. The van der Waals surface area contributed by atoms with E-state index in [4.69, 9.17) is 0 Å². The van der Waals surface area contributed by atoms with E-state index >= 15 is 0 Å². The minimum atomic E-state index is -0.0914. The maximum absolute atomic E-state index is 12.9. The highest BCUT2D eigenvalue weighted by Gasteiger charge is 2.21. The summed E-state index contributed by atoms with van der Waals surface area (Å²) in [5.41, 5.74) is 3.45. The van der Waals surface area contributed by atoms with Crippen molar-refractivity contribution in [1.29, 1.82) is 0 Å². The summed E-state index contributed by atoms with van der Waals surface area (Å²) in [5, 5.41) is 6.80. The number of amides is 1. The summed E-state index contributed by atoms with van der Waals surface area (Å²) in [6, 6.07) is 17.7. The van der Waals surface area contributed by atoms with Crippen LogP contribution in [-0.2, 0) is 0 Å². The zero-order valence-electron chi connectivity index (χ0n) is 15.6. The van der Waals surface area contributed by atoms with E-state index in [1.807, 2.05) is 66.9 Å². The van der Waals surface area contributed by atoms with Crippen LogP contribution in [0.15, 0.2) is 72.6 Å². The second-order valence-electron chi connectivity index (χ2n) is 6.43. The van der Waals surface area contributed by atoms with E-state index in [2.05, 4.69) is 15.1 Å². The molecule has 140 valence electrons. The third-order valence-corrected chi connectivity index (χ3v) is 5.60. The Hall–Kier alpha value is -3.32. The monoisotopic (exact) mass is 389 g/mol. The van der Waals surface area contributed by atoms with Gasteiger partial charge in [-0.15, -0.1) is 11.3 Å². The minimum absolute atomic E-state index is 0.0841. The van der Waals surface area contributed by atoms with E-state index in [1.165, 1.54) is 17.7 Å². The Balaban J connectivity index is 1.50. The standard InChI is InChI=1S/C21H19N5OS/c1-15(16-8-10-18(11-9-16)26-14-22-13-23-26)25(2)21(27)19-12-28-20(24-19)17-6-4-3-5-7-17/h3-15H,1-2H3/t15-/m1/s1. The lowest BCUT2D eigenvalue weighted by Crippen LogP contribution is -2.29. The predicted octanol–water partition coefficient (Wildman–Crippen LogP) is 4.22. The van der Waals surface area contributed by atoms with Gasteiger partial charge in [0.2, 0.25) is 0 Å². The molecule has 0 fully saturated rings. The highest BCUT2D eigenvalue weighted by Crippen LogP contribution is 2.26. The fourth-order valence-corrected chi connectivity index (χ4v) is 3.71. The van der Waals surface area contributed by atoms with Crippen molar-refractivity contribution in [3.63, 3.8) is 0 Å². The van der Waals surface area contributed by atoms with Crippen LogP contribution in [0, 0.1) is 0 Å². The Bertz CT molecular complexity index is 1060. The van der Waals surface area contributed by atoms with Crippen LogP contribution in [0.3, 0.4) is 0 Å². The molecule has 0 saturated heterocycles. The number of carbonyl (C=O) groups is 1. The van der Waals surface area contributed by atoms with Gasteiger partial charge in [-0.3, -0.25) is 4.79 Å². The fraction of sp³-hybridized carbons (Fsp3) is 0.143. The summed E-state index contributed by atoms with van der Waals surface area (Å²) < 4.78 is 1.70. The Morgan fingerprint density at radius 3 is 2.54 bits per heavy atom. The zero-order chi connectivity index (χ0) is 19.5. The molecule has 1 atom stereocenters. The molecule has 0 N–H and O–H groups in total.